The first kappa shape index (κ1) is 13.3. The van der Waals surface area contributed by atoms with Crippen molar-refractivity contribution in [1.82, 2.24) is 0 Å². The van der Waals surface area contributed by atoms with Crippen LogP contribution in [0.3, 0.4) is 0 Å². The first-order valence-corrected chi connectivity index (χ1v) is 5.86. The minimum atomic E-state index is -0.483. The van der Waals surface area contributed by atoms with Gasteiger partial charge in [0.1, 0.15) is 5.82 Å². The lowest BCUT2D eigenvalue weighted by molar-refractivity contribution is 0.0968. The maximum absolute atomic E-state index is 13.4. The lowest BCUT2D eigenvalue weighted by Crippen LogP contribution is -2.32. The van der Waals surface area contributed by atoms with E-state index >= 15 is 0 Å². The van der Waals surface area contributed by atoms with Crippen LogP contribution in [0.5, 0.6) is 0 Å². The number of hydrogen-bond acceptors (Lipinski definition) is 2. The van der Waals surface area contributed by atoms with Crippen LogP contribution < -0.4 is 5.73 Å². The second-order valence-corrected chi connectivity index (χ2v) is 5.45. The minimum absolute atomic E-state index is 0.124. The van der Waals surface area contributed by atoms with Gasteiger partial charge in [-0.1, -0.05) is 15.9 Å². The molecule has 0 atom stereocenters. The topological polar surface area (TPSA) is 43.1 Å². The first-order valence-electron chi connectivity index (χ1n) is 5.07. The van der Waals surface area contributed by atoms with Gasteiger partial charge in [0.25, 0.3) is 0 Å². The molecule has 1 aromatic rings. The van der Waals surface area contributed by atoms with Crippen LogP contribution in [0.2, 0.25) is 0 Å². The van der Waals surface area contributed by atoms with Crippen LogP contribution in [0.4, 0.5) is 4.39 Å². The number of benzene rings is 1. The van der Waals surface area contributed by atoms with E-state index in [1.807, 2.05) is 13.8 Å². The lowest BCUT2D eigenvalue weighted by atomic mass is 9.96. The second-order valence-electron chi connectivity index (χ2n) is 4.54. The summed E-state index contributed by atoms with van der Waals surface area (Å²) >= 11 is 3.21. The number of halogens is 2. The minimum Gasteiger partial charge on any atom is -0.326 e. The molecule has 1 aromatic carbocycles. The number of carbonyl (C=O) groups excluding carboxylic acids is 1. The third kappa shape index (κ3) is 4.02. The summed E-state index contributed by atoms with van der Waals surface area (Å²) in [6, 6.07) is 4.35. The Morgan fingerprint density at radius 2 is 2.12 bits per heavy atom. The molecule has 0 unspecified atom stereocenters. The van der Waals surface area contributed by atoms with E-state index in [1.165, 1.54) is 12.1 Å². The van der Waals surface area contributed by atoms with E-state index in [0.717, 1.165) is 0 Å². The van der Waals surface area contributed by atoms with Crippen molar-refractivity contribution < 1.29 is 9.18 Å². The van der Waals surface area contributed by atoms with Crippen molar-refractivity contribution in [2.24, 2.45) is 5.73 Å². The predicted octanol–water partition coefficient (Wildman–Crippen LogP) is 3.29. The highest BCUT2D eigenvalue weighted by Crippen LogP contribution is 2.19. The molecule has 16 heavy (non-hydrogen) atoms. The summed E-state index contributed by atoms with van der Waals surface area (Å²) < 4.78 is 14.1. The summed E-state index contributed by atoms with van der Waals surface area (Å²) in [5, 5.41) is 0. The van der Waals surface area contributed by atoms with Gasteiger partial charge in [-0.2, -0.15) is 0 Å². The smallest absolute Gasteiger partial charge is 0.165 e. The zero-order valence-corrected chi connectivity index (χ0v) is 11.0. The summed E-state index contributed by atoms with van der Waals surface area (Å²) in [5.74, 6) is -0.694. The van der Waals surface area contributed by atoms with Crippen molar-refractivity contribution in [2.45, 2.75) is 32.2 Å². The fraction of sp³-hybridized carbons (Fsp3) is 0.417. The van der Waals surface area contributed by atoms with E-state index in [9.17, 15) is 9.18 Å². The fourth-order valence-corrected chi connectivity index (χ4v) is 1.64. The maximum Gasteiger partial charge on any atom is 0.165 e. The summed E-state index contributed by atoms with van der Waals surface area (Å²) in [6.45, 7) is 3.69. The van der Waals surface area contributed by atoms with Crippen molar-refractivity contribution in [1.29, 1.82) is 0 Å². The van der Waals surface area contributed by atoms with E-state index in [2.05, 4.69) is 15.9 Å². The Morgan fingerprint density at radius 1 is 1.50 bits per heavy atom. The molecule has 2 N–H and O–H groups in total. The van der Waals surface area contributed by atoms with Crippen molar-refractivity contribution in [3.8, 4) is 0 Å². The number of rotatable bonds is 4. The van der Waals surface area contributed by atoms with Gasteiger partial charge in [0.2, 0.25) is 0 Å². The van der Waals surface area contributed by atoms with Crippen LogP contribution in [0.1, 0.15) is 37.0 Å². The van der Waals surface area contributed by atoms with Gasteiger partial charge in [0.15, 0.2) is 5.78 Å². The fourth-order valence-electron chi connectivity index (χ4n) is 1.28. The Hall–Kier alpha value is -0.740. The molecule has 0 radical (unpaired) electrons. The Morgan fingerprint density at radius 3 is 2.69 bits per heavy atom. The number of hydrogen-bond donors (Lipinski definition) is 1. The summed E-state index contributed by atoms with van der Waals surface area (Å²) in [4.78, 5) is 11.7. The summed E-state index contributed by atoms with van der Waals surface area (Å²) in [5.41, 5.74) is 5.49. The third-order valence-electron chi connectivity index (χ3n) is 2.23. The molecular formula is C12H15BrFNO. The van der Waals surface area contributed by atoms with E-state index in [1.54, 1.807) is 6.07 Å². The van der Waals surface area contributed by atoms with Gasteiger partial charge in [0.05, 0.1) is 5.56 Å². The van der Waals surface area contributed by atoms with Crippen LogP contribution >= 0.6 is 15.9 Å². The van der Waals surface area contributed by atoms with Gasteiger partial charge in [0, 0.05) is 16.4 Å². The van der Waals surface area contributed by atoms with Crippen molar-refractivity contribution in [2.75, 3.05) is 0 Å². The van der Waals surface area contributed by atoms with E-state index in [0.29, 0.717) is 10.9 Å². The largest absolute Gasteiger partial charge is 0.326 e. The van der Waals surface area contributed by atoms with Gasteiger partial charge in [-0.15, -0.1) is 0 Å². The molecule has 0 heterocycles. The standard InChI is InChI=1S/C12H15BrFNO/c1-12(2,15)6-5-11(16)9-7-8(13)3-4-10(9)14/h3-4,7H,5-6,15H2,1-2H3. The molecule has 1 rings (SSSR count). The highest BCUT2D eigenvalue weighted by atomic mass is 79.9. The zero-order valence-electron chi connectivity index (χ0n) is 9.39. The molecule has 0 amide bonds. The van der Waals surface area contributed by atoms with Crippen molar-refractivity contribution >= 4 is 21.7 Å². The van der Waals surface area contributed by atoms with E-state index in [4.69, 9.17) is 5.73 Å². The molecule has 0 aromatic heterocycles. The molecular weight excluding hydrogens is 273 g/mol. The normalized spacial score (nSPS) is 11.6. The Kier molecular flexibility index (Phi) is 4.21. The number of carbonyl (C=O) groups is 1. The number of Topliss-reactive ketones (excluding diaryl/α,β-unsaturated/α-hetero) is 1. The molecule has 0 aliphatic carbocycles. The summed E-state index contributed by atoms with van der Waals surface area (Å²) in [6.07, 6.45) is 0.800. The maximum atomic E-state index is 13.4. The highest BCUT2D eigenvalue weighted by Gasteiger charge is 2.17. The molecule has 0 aliphatic rings. The lowest BCUT2D eigenvalue weighted by Gasteiger charge is -2.17. The van der Waals surface area contributed by atoms with Gasteiger partial charge in [-0.3, -0.25) is 4.79 Å². The van der Waals surface area contributed by atoms with Crippen molar-refractivity contribution in [3.63, 3.8) is 0 Å². The second kappa shape index (κ2) is 5.06. The molecule has 88 valence electrons. The van der Waals surface area contributed by atoms with Gasteiger partial charge < -0.3 is 5.73 Å². The average Bonchev–Trinajstić information content (AvgIpc) is 2.17. The Labute approximate surface area is 103 Å². The van der Waals surface area contributed by atoms with Crippen LogP contribution in [-0.2, 0) is 0 Å². The predicted molar refractivity (Wildman–Crippen MR) is 65.9 cm³/mol. The molecule has 0 aliphatic heterocycles. The van der Waals surface area contributed by atoms with Gasteiger partial charge >= 0.3 is 0 Å². The van der Waals surface area contributed by atoms with Gasteiger partial charge in [-0.05, 0) is 38.5 Å². The Balaban J connectivity index is 2.77. The monoisotopic (exact) mass is 287 g/mol. The summed E-state index contributed by atoms with van der Waals surface area (Å²) in [7, 11) is 0. The molecule has 0 fully saturated rings. The molecule has 0 saturated carbocycles. The zero-order chi connectivity index (χ0) is 12.3. The number of nitrogens with two attached hydrogens (primary N) is 1. The van der Waals surface area contributed by atoms with Crippen molar-refractivity contribution in [3.05, 3.63) is 34.1 Å². The number of ketones is 1. The highest BCUT2D eigenvalue weighted by molar-refractivity contribution is 9.10. The van der Waals surface area contributed by atoms with Crippen LogP contribution in [0.25, 0.3) is 0 Å². The van der Waals surface area contributed by atoms with E-state index in [-0.39, 0.29) is 17.8 Å². The van der Waals surface area contributed by atoms with Crippen LogP contribution in [0, 0.1) is 5.82 Å². The Bertz CT molecular complexity index is 398. The first-order chi connectivity index (χ1) is 7.29. The molecule has 0 bridgehead atoms. The molecule has 2 nitrogen and oxygen atoms in total. The van der Waals surface area contributed by atoms with Crippen LogP contribution in [0.15, 0.2) is 22.7 Å². The van der Waals surface area contributed by atoms with Gasteiger partial charge in [-0.25, -0.2) is 4.39 Å². The quantitative estimate of drug-likeness (QED) is 0.864. The van der Waals surface area contributed by atoms with E-state index < -0.39 is 11.4 Å². The molecule has 0 saturated heterocycles. The average molecular weight is 288 g/mol. The third-order valence-corrected chi connectivity index (χ3v) is 2.72. The van der Waals surface area contributed by atoms with Crippen LogP contribution in [-0.4, -0.2) is 11.3 Å². The molecule has 0 spiro atoms. The molecule has 4 heteroatoms. The SMILES string of the molecule is CC(C)(N)CCC(=O)c1cc(Br)ccc1F.